The average molecular weight is 474 g/mol. The van der Waals surface area contributed by atoms with Gasteiger partial charge in [0.2, 0.25) is 10.0 Å². The number of benzene rings is 2. The van der Waals surface area contributed by atoms with Gasteiger partial charge in [-0.15, -0.1) is 0 Å². The van der Waals surface area contributed by atoms with Gasteiger partial charge in [0.15, 0.2) is 6.10 Å². The predicted molar refractivity (Wildman–Crippen MR) is 130 cm³/mol. The highest BCUT2D eigenvalue weighted by molar-refractivity contribution is 7.92. The summed E-state index contributed by atoms with van der Waals surface area (Å²) in [5.74, 6) is -0.0178. The van der Waals surface area contributed by atoms with E-state index in [1.807, 2.05) is 36.4 Å². The van der Waals surface area contributed by atoms with Gasteiger partial charge in [0, 0.05) is 24.5 Å². The molecule has 0 unspecified atom stereocenters. The molecule has 8 nitrogen and oxygen atoms in total. The van der Waals surface area contributed by atoms with Crippen molar-refractivity contribution in [2.75, 3.05) is 53.6 Å². The number of amides is 1. The fourth-order valence-electron chi connectivity index (χ4n) is 3.97. The second-order valence-corrected chi connectivity index (χ2v) is 11.4. The molecule has 2 aromatic carbocycles. The third-order valence-electron chi connectivity index (χ3n) is 5.90. The molecular formula is C24H31N3O5S. The number of rotatable bonds is 4. The molecule has 1 atom stereocenters. The van der Waals surface area contributed by atoms with Gasteiger partial charge in [-0.1, -0.05) is 26.8 Å². The topological polar surface area (TPSA) is 88.2 Å². The first-order valence-electron chi connectivity index (χ1n) is 11.0. The molecule has 1 N–H and O–H groups in total. The SMILES string of the molecule is CC(C)(C)c1ccc2c(c1)N(S(C)(=O)=O)C[C@H](C(=O)Nc1ccc(N3CCOCC3)cc1)O2. The standard InChI is InChI=1S/C24H31N3O5S/c1-24(2,3)17-5-10-21-20(15-17)27(33(4,29)30)16-22(32-21)23(28)25-18-6-8-19(9-7-18)26-11-13-31-14-12-26/h5-10,15,22H,11-14,16H2,1-4H3,(H,25,28)/t22-/m1/s1. The summed E-state index contributed by atoms with van der Waals surface area (Å²) in [4.78, 5) is 15.2. The summed E-state index contributed by atoms with van der Waals surface area (Å²) in [5.41, 5.74) is 2.99. The Hall–Kier alpha value is -2.78. The van der Waals surface area contributed by atoms with Crippen molar-refractivity contribution in [3.63, 3.8) is 0 Å². The van der Waals surface area contributed by atoms with Crippen LogP contribution in [0.4, 0.5) is 17.1 Å². The van der Waals surface area contributed by atoms with E-state index in [-0.39, 0.29) is 12.0 Å². The van der Waals surface area contributed by atoms with Crippen molar-refractivity contribution in [3.8, 4) is 5.75 Å². The van der Waals surface area contributed by atoms with E-state index in [0.717, 1.165) is 30.6 Å². The molecule has 1 fully saturated rings. The van der Waals surface area contributed by atoms with Crippen LogP contribution in [0.2, 0.25) is 0 Å². The number of sulfonamides is 1. The second-order valence-electron chi connectivity index (χ2n) is 9.47. The Morgan fingerprint density at radius 3 is 2.33 bits per heavy atom. The van der Waals surface area contributed by atoms with Crippen LogP contribution in [-0.2, 0) is 25.0 Å². The minimum atomic E-state index is -3.60. The summed E-state index contributed by atoms with van der Waals surface area (Å²) < 4.78 is 37.7. The zero-order valence-electron chi connectivity index (χ0n) is 19.5. The second kappa shape index (κ2) is 8.87. The number of morpholine rings is 1. The van der Waals surface area contributed by atoms with E-state index in [1.165, 1.54) is 4.31 Å². The smallest absolute Gasteiger partial charge is 0.267 e. The van der Waals surface area contributed by atoms with Gasteiger partial charge in [-0.25, -0.2) is 8.42 Å². The summed E-state index contributed by atoms with van der Waals surface area (Å²) >= 11 is 0. The molecule has 1 amide bonds. The Bertz CT molecular complexity index is 1120. The van der Waals surface area contributed by atoms with Gasteiger partial charge in [0.25, 0.3) is 5.91 Å². The highest BCUT2D eigenvalue weighted by atomic mass is 32.2. The molecule has 2 aromatic rings. The van der Waals surface area contributed by atoms with Crippen LogP contribution in [0.5, 0.6) is 5.75 Å². The van der Waals surface area contributed by atoms with Crippen LogP contribution in [0.15, 0.2) is 42.5 Å². The van der Waals surface area contributed by atoms with Crippen molar-refractivity contribution in [2.45, 2.75) is 32.3 Å². The van der Waals surface area contributed by atoms with Crippen molar-refractivity contribution in [3.05, 3.63) is 48.0 Å². The fraction of sp³-hybridized carbons (Fsp3) is 0.458. The first kappa shape index (κ1) is 23.4. The van der Waals surface area contributed by atoms with Gasteiger partial charge in [-0.05, 0) is 47.4 Å². The number of carbonyl (C=O) groups excluding carboxylic acids is 1. The molecule has 33 heavy (non-hydrogen) atoms. The van der Waals surface area contributed by atoms with E-state index in [1.54, 1.807) is 6.07 Å². The monoisotopic (exact) mass is 473 g/mol. The van der Waals surface area contributed by atoms with E-state index >= 15 is 0 Å². The van der Waals surface area contributed by atoms with Gasteiger partial charge in [-0.2, -0.15) is 0 Å². The lowest BCUT2D eigenvalue weighted by atomic mass is 9.86. The van der Waals surface area contributed by atoms with Gasteiger partial charge >= 0.3 is 0 Å². The van der Waals surface area contributed by atoms with Crippen LogP contribution in [0.25, 0.3) is 0 Å². The minimum Gasteiger partial charge on any atom is -0.476 e. The fourth-order valence-corrected chi connectivity index (χ4v) is 4.87. The van der Waals surface area contributed by atoms with Crippen molar-refractivity contribution in [1.29, 1.82) is 0 Å². The quantitative estimate of drug-likeness (QED) is 0.735. The normalized spacial score (nSPS) is 19.0. The summed E-state index contributed by atoms with van der Waals surface area (Å²) in [6, 6.07) is 13.1. The maximum absolute atomic E-state index is 13.0. The molecule has 0 spiro atoms. The van der Waals surface area contributed by atoms with Crippen molar-refractivity contribution in [1.82, 2.24) is 0 Å². The Kier molecular flexibility index (Phi) is 6.28. The summed E-state index contributed by atoms with van der Waals surface area (Å²) in [7, 11) is -3.60. The van der Waals surface area contributed by atoms with Gasteiger partial charge in [-0.3, -0.25) is 9.10 Å². The molecule has 1 saturated heterocycles. The van der Waals surface area contributed by atoms with Crippen molar-refractivity contribution < 1.29 is 22.7 Å². The van der Waals surface area contributed by atoms with Crippen LogP contribution >= 0.6 is 0 Å². The molecule has 0 radical (unpaired) electrons. The number of nitrogens with one attached hydrogen (secondary N) is 1. The first-order valence-corrected chi connectivity index (χ1v) is 12.9. The maximum Gasteiger partial charge on any atom is 0.267 e. The Morgan fingerprint density at radius 2 is 1.73 bits per heavy atom. The largest absolute Gasteiger partial charge is 0.476 e. The molecular weight excluding hydrogens is 442 g/mol. The number of hydrogen-bond acceptors (Lipinski definition) is 6. The van der Waals surface area contributed by atoms with Crippen molar-refractivity contribution >= 4 is 33.0 Å². The molecule has 4 rings (SSSR count). The highest BCUT2D eigenvalue weighted by Gasteiger charge is 2.36. The molecule has 0 aliphatic carbocycles. The molecule has 0 saturated carbocycles. The predicted octanol–water partition coefficient (Wildman–Crippen LogP) is 2.99. The molecule has 2 aliphatic rings. The molecule has 0 bridgehead atoms. The number of anilines is 3. The average Bonchev–Trinajstić information content (AvgIpc) is 2.77. The lowest BCUT2D eigenvalue weighted by Gasteiger charge is -2.35. The molecule has 2 heterocycles. The highest BCUT2D eigenvalue weighted by Crippen LogP contribution is 2.38. The number of carbonyl (C=O) groups is 1. The van der Waals surface area contributed by atoms with Crippen LogP contribution < -0.4 is 19.3 Å². The molecule has 0 aromatic heterocycles. The van der Waals surface area contributed by atoms with E-state index in [4.69, 9.17) is 9.47 Å². The Labute approximate surface area is 195 Å². The zero-order valence-corrected chi connectivity index (χ0v) is 20.3. The van der Waals surface area contributed by atoms with E-state index in [2.05, 4.69) is 31.0 Å². The van der Waals surface area contributed by atoms with E-state index < -0.39 is 22.0 Å². The van der Waals surface area contributed by atoms with Crippen molar-refractivity contribution in [2.24, 2.45) is 0 Å². The van der Waals surface area contributed by atoms with Crippen LogP contribution in [0, 0.1) is 0 Å². The number of nitrogens with zero attached hydrogens (tertiary/aromatic N) is 2. The molecule has 2 aliphatic heterocycles. The Morgan fingerprint density at radius 1 is 1.06 bits per heavy atom. The lowest BCUT2D eigenvalue weighted by molar-refractivity contribution is -0.122. The summed E-state index contributed by atoms with van der Waals surface area (Å²) in [6.45, 7) is 9.16. The molecule has 178 valence electrons. The van der Waals surface area contributed by atoms with E-state index in [0.29, 0.717) is 30.3 Å². The van der Waals surface area contributed by atoms with Gasteiger partial charge in [0.1, 0.15) is 5.75 Å². The lowest BCUT2D eigenvalue weighted by Crippen LogP contribution is -2.48. The maximum atomic E-state index is 13.0. The van der Waals surface area contributed by atoms with Crippen LogP contribution in [0.1, 0.15) is 26.3 Å². The number of ether oxygens (including phenoxy) is 2. The van der Waals surface area contributed by atoms with Gasteiger partial charge < -0.3 is 19.7 Å². The van der Waals surface area contributed by atoms with Gasteiger partial charge in [0.05, 0.1) is 31.7 Å². The van der Waals surface area contributed by atoms with Crippen LogP contribution in [-0.4, -0.2) is 59.5 Å². The third-order valence-corrected chi connectivity index (χ3v) is 7.04. The van der Waals surface area contributed by atoms with Crippen LogP contribution in [0.3, 0.4) is 0 Å². The zero-order chi connectivity index (χ0) is 23.8. The number of fused-ring (bicyclic) bond motifs is 1. The number of hydrogen-bond donors (Lipinski definition) is 1. The summed E-state index contributed by atoms with van der Waals surface area (Å²) in [5, 5.41) is 2.85. The first-order chi connectivity index (χ1) is 15.5. The molecule has 9 heteroatoms. The van der Waals surface area contributed by atoms with E-state index in [9.17, 15) is 13.2 Å². The summed E-state index contributed by atoms with van der Waals surface area (Å²) in [6.07, 6.45) is 0.178. The minimum absolute atomic E-state index is 0.0862. The Balaban J connectivity index is 1.52. The third kappa shape index (κ3) is 5.25.